The molecule has 0 bridgehead atoms. The molecule has 1 aromatic carbocycles. The molecule has 1 unspecified atom stereocenters. The normalized spacial score (nSPS) is 18.0. The van der Waals surface area contributed by atoms with Crippen LogP contribution in [0.4, 0.5) is 0 Å². The molecule has 1 fully saturated rings. The molecule has 1 atom stereocenters. The first-order valence-electron chi connectivity index (χ1n) is 6.33. The van der Waals surface area contributed by atoms with Gasteiger partial charge in [0.25, 0.3) is 0 Å². The number of methoxy groups -OCH3 is 1. The molecule has 0 spiro atoms. The maximum atomic E-state index is 12.1. The van der Waals surface area contributed by atoms with E-state index in [1.807, 2.05) is 29.2 Å². The number of carbonyl (C=O) groups excluding carboxylic acids is 1. The van der Waals surface area contributed by atoms with Gasteiger partial charge in [-0.3, -0.25) is 4.79 Å². The summed E-state index contributed by atoms with van der Waals surface area (Å²) in [7, 11) is 1.64. The summed E-state index contributed by atoms with van der Waals surface area (Å²) in [5, 5.41) is 0. The van der Waals surface area contributed by atoms with Crippen LogP contribution in [0.5, 0.6) is 5.75 Å². The van der Waals surface area contributed by atoms with Crippen molar-refractivity contribution >= 4 is 18.3 Å². The first kappa shape index (κ1) is 15.8. The summed E-state index contributed by atoms with van der Waals surface area (Å²) in [6, 6.07) is 7.64. The molecule has 1 heterocycles. The summed E-state index contributed by atoms with van der Waals surface area (Å²) in [5.74, 6) is 1.48. The van der Waals surface area contributed by atoms with Crippen LogP contribution in [0.1, 0.15) is 12.0 Å². The molecule has 5 heteroatoms. The van der Waals surface area contributed by atoms with Crippen LogP contribution in [-0.2, 0) is 11.2 Å². The van der Waals surface area contributed by atoms with Gasteiger partial charge in [0, 0.05) is 13.1 Å². The molecule has 1 amide bonds. The molecular formula is C14H21ClN2O2. The third kappa shape index (κ3) is 4.11. The summed E-state index contributed by atoms with van der Waals surface area (Å²) in [5.41, 5.74) is 6.65. The number of hydrogen-bond acceptors (Lipinski definition) is 3. The maximum absolute atomic E-state index is 12.1. The summed E-state index contributed by atoms with van der Waals surface area (Å²) in [6.45, 7) is 2.33. The van der Waals surface area contributed by atoms with Gasteiger partial charge in [0.05, 0.1) is 13.5 Å². The highest BCUT2D eigenvalue weighted by Gasteiger charge is 2.24. The minimum atomic E-state index is 0. The number of hydrogen-bond donors (Lipinski definition) is 1. The van der Waals surface area contributed by atoms with E-state index in [-0.39, 0.29) is 18.3 Å². The Balaban J connectivity index is 0.00000180. The van der Waals surface area contributed by atoms with Gasteiger partial charge in [0.2, 0.25) is 5.91 Å². The van der Waals surface area contributed by atoms with Gasteiger partial charge in [-0.2, -0.15) is 0 Å². The molecule has 1 aliphatic heterocycles. The largest absolute Gasteiger partial charge is 0.497 e. The highest BCUT2D eigenvalue weighted by molar-refractivity contribution is 5.85. The van der Waals surface area contributed by atoms with Crippen molar-refractivity contribution in [2.24, 2.45) is 11.7 Å². The van der Waals surface area contributed by atoms with Crippen molar-refractivity contribution in [1.82, 2.24) is 4.90 Å². The van der Waals surface area contributed by atoms with Crippen LogP contribution in [0, 0.1) is 5.92 Å². The number of rotatable bonds is 4. The van der Waals surface area contributed by atoms with Crippen molar-refractivity contribution in [3.05, 3.63) is 29.8 Å². The molecule has 4 nitrogen and oxygen atoms in total. The monoisotopic (exact) mass is 284 g/mol. The molecule has 19 heavy (non-hydrogen) atoms. The van der Waals surface area contributed by atoms with E-state index in [9.17, 15) is 4.79 Å². The van der Waals surface area contributed by atoms with Crippen molar-refractivity contribution < 1.29 is 9.53 Å². The summed E-state index contributed by atoms with van der Waals surface area (Å²) < 4.78 is 5.09. The average molecular weight is 285 g/mol. The lowest BCUT2D eigenvalue weighted by atomic mass is 10.1. The van der Waals surface area contributed by atoms with E-state index in [2.05, 4.69) is 0 Å². The fourth-order valence-electron chi connectivity index (χ4n) is 2.28. The fraction of sp³-hybridized carbons (Fsp3) is 0.500. The fourth-order valence-corrected chi connectivity index (χ4v) is 2.28. The smallest absolute Gasteiger partial charge is 0.226 e. The summed E-state index contributed by atoms with van der Waals surface area (Å²) in [4.78, 5) is 14.0. The Hall–Kier alpha value is -1.26. The second-order valence-corrected chi connectivity index (χ2v) is 4.76. The third-order valence-corrected chi connectivity index (χ3v) is 3.49. The first-order chi connectivity index (χ1) is 8.72. The standard InChI is InChI=1S/C14H20N2O2.ClH/c1-18-13-4-2-11(3-5-13)8-14(17)16-7-6-12(9-15)10-16;/h2-5,12H,6-10,15H2,1H3;1H. The molecular weight excluding hydrogens is 264 g/mol. The summed E-state index contributed by atoms with van der Waals surface area (Å²) >= 11 is 0. The molecule has 0 saturated carbocycles. The summed E-state index contributed by atoms with van der Waals surface area (Å²) in [6.07, 6.45) is 1.49. The molecule has 1 aliphatic rings. The molecule has 1 aromatic rings. The van der Waals surface area contributed by atoms with E-state index in [0.29, 0.717) is 18.9 Å². The number of likely N-dealkylation sites (tertiary alicyclic amines) is 1. The Bertz CT molecular complexity index is 408. The minimum absolute atomic E-state index is 0. The zero-order valence-electron chi connectivity index (χ0n) is 11.2. The number of halogens is 1. The first-order valence-corrected chi connectivity index (χ1v) is 6.33. The lowest BCUT2D eigenvalue weighted by Gasteiger charge is -2.16. The number of carbonyl (C=O) groups is 1. The number of nitrogens with two attached hydrogens (primary N) is 1. The molecule has 106 valence electrons. The number of ether oxygens (including phenoxy) is 1. The molecule has 2 N–H and O–H groups in total. The highest BCUT2D eigenvalue weighted by atomic mass is 35.5. The molecule has 2 rings (SSSR count). The van der Waals surface area contributed by atoms with Gasteiger partial charge < -0.3 is 15.4 Å². The van der Waals surface area contributed by atoms with E-state index < -0.39 is 0 Å². The van der Waals surface area contributed by atoms with Gasteiger partial charge in [0.15, 0.2) is 0 Å². The third-order valence-electron chi connectivity index (χ3n) is 3.49. The van der Waals surface area contributed by atoms with Crippen LogP contribution in [0.2, 0.25) is 0 Å². The highest BCUT2D eigenvalue weighted by Crippen LogP contribution is 2.17. The Morgan fingerprint density at radius 3 is 2.63 bits per heavy atom. The number of amides is 1. The van der Waals surface area contributed by atoms with E-state index in [1.165, 1.54) is 0 Å². The second-order valence-electron chi connectivity index (χ2n) is 4.76. The van der Waals surface area contributed by atoms with Crippen LogP contribution >= 0.6 is 12.4 Å². The van der Waals surface area contributed by atoms with Crippen LogP contribution in [0.25, 0.3) is 0 Å². The van der Waals surface area contributed by atoms with E-state index in [1.54, 1.807) is 7.11 Å². The molecule has 0 aliphatic carbocycles. The Labute approximate surface area is 120 Å². The van der Waals surface area contributed by atoms with Crippen molar-refractivity contribution in [1.29, 1.82) is 0 Å². The SMILES string of the molecule is COc1ccc(CC(=O)N2CCC(CN)C2)cc1.Cl. The van der Waals surface area contributed by atoms with Crippen LogP contribution in [0.3, 0.4) is 0 Å². The zero-order chi connectivity index (χ0) is 13.0. The van der Waals surface area contributed by atoms with Crippen LogP contribution in [0.15, 0.2) is 24.3 Å². The van der Waals surface area contributed by atoms with Gasteiger partial charge in [-0.25, -0.2) is 0 Å². The second kappa shape index (κ2) is 7.36. The van der Waals surface area contributed by atoms with E-state index in [0.717, 1.165) is 30.8 Å². The lowest BCUT2D eigenvalue weighted by molar-refractivity contribution is -0.129. The Morgan fingerprint density at radius 1 is 1.42 bits per heavy atom. The molecule has 1 saturated heterocycles. The van der Waals surface area contributed by atoms with Crippen LogP contribution < -0.4 is 10.5 Å². The Kier molecular flexibility index (Phi) is 6.12. The predicted molar refractivity (Wildman–Crippen MR) is 77.7 cm³/mol. The van der Waals surface area contributed by atoms with Gasteiger partial charge in [-0.1, -0.05) is 12.1 Å². The molecule has 0 radical (unpaired) electrons. The van der Waals surface area contributed by atoms with Crippen molar-refractivity contribution in [3.8, 4) is 5.75 Å². The van der Waals surface area contributed by atoms with Crippen molar-refractivity contribution in [3.63, 3.8) is 0 Å². The Morgan fingerprint density at radius 2 is 2.11 bits per heavy atom. The van der Waals surface area contributed by atoms with E-state index >= 15 is 0 Å². The topological polar surface area (TPSA) is 55.6 Å². The van der Waals surface area contributed by atoms with Gasteiger partial charge in [0.1, 0.15) is 5.75 Å². The minimum Gasteiger partial charge on any atom is -0.497 e. The van der Waals surface area contributed by atoms with Crippen molar-refractivity contribution in [2.75, 3.05) is 26.7 Å². The predicted octanol–water partition coefficient (Wildman–Crippen LogP) is 1.47. The number of benzene rings is 1. The molecule has 0 aromatic heterocycles. The lowest BCUT2D eigenvalue weighted by Crippen LogP contribution is -2.31. The van der Waals surface area contributed by atoms with Crippen LogP contribution in [-0.4, -0.2) is 37.6 Å². The van der Waals surface area contributed by atoms with Gasteiger partial charge in [-0.05, 0) is 36.6 Å². The van der Waals surface area contributed by atoms with Crippen molar-refractivity contribution in [2.45, 2.75) is 12.8 Å². The van der Waals surface area contributed by atoms with E-state index in [4.69, 9.17) is 10.5 Å². The number of nitrogens with zero attached hydrogens (tertiary/aromatic N) is 1. The van der Waals surface area contributed by atoms with Gasteiger partial charge in [-0.15, -0.1) is 12.4 Å². The quantitative estimate of drug-likeness (QED) is 0.911. The maximum Gasteiger partial charge on any atom is 0.226 e. The zero-order valence-corrected chi connectivity index (χ0v) is 12.0. The van der Waals surface area contributed by atoms with Gasteiger partial charge >= 0.3 is 0 Å². The average Bonchev–Trinajstić information content (AvgIpc) is 2.88.